The van der Waals surface area contributed by atoms with Crippen LogP contribution in [-0.4, -0.2) is 22.0 Å². The van der Waals surface area contributed by atoms with Gasteiger partial charge in [0.15, 0.2) is 11.0 Å². The maximum atomic E-state index is 5.96. The number of halogens is 1. The van der Waals surface area contributed by atoms with E-state index in [1.807, 2.05) is 12.4 Å². The van der Waals surface area contributed by atoms with Gasteiger partial charge >= 0.3 is 0 Å². The monoisotopic (exact) mass is 269 g/mol. The van der Waals surface area contributed by atoms with Crippen LogP contribution in [0.4, 0.5) is 11.5 Å². The Kier molecular flexibility index (Phi) is 3.75. The summed E-state index contributed by atoms with van der Waals surface area (Å²) >= 11 is 7.57. The molecule has 2 N–H and O–H groups in total. The van der Waals surface area contributed by atoms with Crippen LogP contribution in [0.25, 0.3) is 0 Å². The van der Waals surface area contributed by atoms with E-state index in [2.05, 4.69) is 25.6 Å². The molecule has 0 aliphatic heterocycles. The fraction of sp³-hybridized carbons (Fsp3) is 0.300. The van der Waals surface area contributed by atoms with Crippen LogP contribution < -0.4 is 10.6 Å². The van der Waals surface area contributed by atoms with Gasteiger partial charge in [0.2, 0.25) is 0 Å². The highest BCUT2D eigenvalue weighted by molar-refractivity contribution is 7.09. The average Bonchev–Trinajstić information content (AvgIpc) is 2.72. The maximum Gasteiger partial charge on any atom is 0.157 e. The molecule has 7 heteroatoms. The first-order valence-electron chi connectivity index (χ1n) is 5.03. The van der Waals surface area contributed by atoms with Crippen molar-refractivity contribution in [2.24, 2.45) is 0 Å². The van der Waals surface area contributed by atoms with E-state index in [-0.39, 0.29) is 0 Å². The van der Waals surface area contributed by atoms with Crippen molar-refractivity contribution in [1.82, 2.24) is 15.0 Å². The fourth-order valence-corrected chi connectivity index (χ4v) is 2.32. The minimum Gasteiger partial charge on any atom is -0.383 e. The molecule has 0 saturated heterocycles. The molecular formula is C10H12ClN5S. The SMILES string of the molecule is CNc1c(Cl)ncnc1NCc1scnc1C. The lowest BCUT2D eigenvalue weighted by Gasteiger charge is -2.10. The van der Waals surface area contributed by atoms with Crippen LogP contribution >= 0.6 is 22.9 Å². The predicted molar refractivity (Wildman–Crippen MR) is 70.8 cm³/mol. The second-order valence-electron chi connectivity index (χ2n) is 3.35. The van der Waals surface area contributed by atoms with Crippen molar-refractivity contribution in [1.29, 1.82) is 0 Å². The van der Waals surface area contributed by atoms with Gasteiger partial charge < -0.3 is 10.6 Å². The number of aromatic nitrogens is 3. The molecule has 2 aromatic rings. The molecule has 0 aromatic carbocycles. The first-order chi connectivity index (χ1) is 8.22. The molecular weight excluding hydrogens is 258 g/mol. The normalized spacial score (nSPS) is 10.3. The van der Waals surface area contributed by atoms with Crippen molar-refractivity contribution in [2.45, 2.75) is 13.5 Å². The molecule has 0 aliphatic rings. The fourth-order valence-electron chi connectivity index (χ4n) is 1.38. The van der Waals surface area contributed by atoms with E-state index in [4.69, 9.17) is 11.6 Å². The molecule has 2 heterocycles. The van der Waals surface area contributed by atoms with Gasteiger partial charge in [-0.25, -0.2) is 15.0 Å². The zero-order chi connectivity index (χ0) is 12.3. The highest BCUT2D eigenvalue weighted by Gasteiger charge is 2.08. The number of rotatable bonds is 4. The number of aryl methyl sites for hydroxylation is 1. The molecule has 0 saturated carbocycles. The number of thiazole rings is 1. The van der Waals surface area contributed by atoms with Gasteiger partial charge in [0.05, 0.1) is 17.7 Å². The highest BCUT2D eigenvalue weighted by Crippen LogP contribution is 2.26. The van der Waals surface area contributed by atoms with E-state index in [9.17, 15) is 0 Å². The van der Waals surface area contributed by atoms with E-state index in [1.54, 1.807) is 18.4 Å². The smallest absolute Gasteiger partial charge is 0.157 e. The van der Waals surface area contributed by atoms with Crippen molar-refractivity contribution in [2.75, 3.05) is 17.7 Å². The third kappa shape index (κ3) is 2.65. The summed E-state index contributed by atoms with van der Waals surface area (Å²) in [6.07, 6.45) is 1.44. The molecule has 0 unspecified atom stereocenters. The van der Waals surface area contributed by atoms with Crippen LogP contribution in [0, 0.1) is 6.92 Å². The van der Waals surface area contributed by atoms with Gasteiger partial charge in [-0.2, -0.15) is 0 Å². The van der Waals surface area contributed by atoms with Crippen LogP contribution in [-0.2, 0) is 6.54 Å². The van der Waals surface area contributed by atoms with Crippen molar-refractivity contribution in [3.63, 3.8) is 0 Å². The van der Waals surface area contributed by atoms with Gasteiger partial charge in [0.1, 0.15) is 12.0 Å². The molecule has 5 nitrogen and oxygen atoms in total. The van der Waals surface area contributed by atoms with Gasteiger partial charge in [-0.05, 0) is 6.92 Å². The van der Waals surface area contributed by atoms with Crippen molar-refractivity contribution >= 4 is 34.4 Å². The van der Waals surface area contributed by atoms with Crippen LogP contribution in [0.1, 0.15) is 10.6 Å². The van der Waals surface area contributed by atoms with Crippen LogP contribution in [0.5, 0.6) is 0 Å². The number of anilines is 2. The van der Waals surface area contributed by atoms with Crippen LogP contribution in [0.2, 0.25) is 5.15 Å². The molecule has 17 heavy (non-hydrogen) atoms. The number of hydrogen-bond donors (Lipinski definition) is 2. The molecule has 2 rings (SSSR count). The summed E-state index contributed by atoms with van der Waals surface area (Å²) in [6, 6.07) is 0. The minimum atomic E-state index is 0.408. The third-order valence-corrected chi connectivity index (χ3v) is 3.53. The maximum absolute atomic E-state index is 5.96. The molecule has 2 aromatic heterocycles. The van der Waals surface area contributed by atoms with Gasteiger partial charge in [-0.15, -0.1) is 11.3 Å². The summed E-state index contributed by atoms with van der Waals surface area (Å²) in [6.45, 7) is 2.66. The van der Waals surface area contributed by atoms with E-state index >= 15 is 0 Å². The van der Waals surface area contributed by atoms with Gasteiger partial charge in [0, 0.05) is 11.9 Å². The number of nitrogens with one attached hydrogen (secondary N) is 2. The molecule has 0 radical (unpaired) electrons. The van der Waals surface area contributed by atoms with Gasteiger partial charge in [0.25, 0.3) is 0 Å². The van der Waals surface area contributed by atoms with Gasteiger partial charge in [-0.3, -0.25) is 0 Å². The Bertz CT molecular complexity index is 513. The van der Waals surface area contributed by atoms with Crippen molar-refractivity contribution < 1.29 is 0 Å². The van der Waals surface area contributed by atoms with Crippen molar-refractivity contribution in [3.8, 4) is 0 Å². The zero-order valence-electron chi connectivity index (χ0n) is 9.49. The lowest BCUT2D eigenvalue weighted by atomic mass is 10.4. The van der Waals surface area contributed by atoms with E-state index in [0.717, 1.165) is 5.69 Å². The molecule has 0 amide bonds. The standard InChI is InChI=1S/C10H12ClN5S/c1-6-7(17-5-16-6)3-13-10-8(12-2)9(11)14-4-15-10/h4-5,12H,3H2,1-2H3,(H,13,14,15). The number of nitrogens with zero attached hydrogens (tertiary/aromatic N) is 3. The van der Waals surface area contributed by atoms with Crippen LogP contribution in [0.3, 0.4) is 0 Å². The summed E-state index contributed by atoms with van der Waals surface area (Å²) in [4.78, 5) is 13.4. The highest BCUT2D eigenvalue weighted by atomic mass is 35.5. The Morgan fingerprint density at radius 1 is 1.35 bits per heavy atom. The Labute approximate surface area is 108 Å². The second kappa shape index (κ2) is 5.29. The first kappa shape index (κ1) is 12.1. The summed E-state index contributed by atoms with van der Waals surface area (Å²) in [5.74, 6) is 0.695. The molecule has 90 valence electrons. The largest absolute Gasteiger partial charge is 0.383 e. The Morgan fingerprint density at radius 2 is 2.18 bits per heavy atom. The van der Waals surface area contributed by atoms with Crippen LogP contribution in [0.15, 0.2) is 11.8 Å². The summed E-state index contributed by atoms with van der Waals surface area (Å²) in [7, 11) is 1.79. The predicted octanol–water partition coefficient (Wildman–Crippen LogP) is 2.55. The first-order valence-corrected chi connectivity index (χ1v) is 6.29. The lowest BCUT2D eigenvalue weighted by Crippen LogP contribution is -2.05. The molecule has 0 spiro atoms. The quantitative estimate of drug-likeness (QED) is 0.836. The molecule has 0 atom stereocenters. The van der Waals surface area contributed by atoms with E-state index in [1.165, 1.54) is 11.2 Å². The zero-order valence-corrected chi connectivity index (χ0v) is 11.1. The average molecular weight is 270 g/mol. The van der Waals surface area contributed by atoms with E-state index < -0.39 is 0 Å². The minimum absolute atomic E-state index is 0.408. The summed E-state index contributed by atoms with van der Waals surface area (Å²) < 4.78 is 0. The van der Waals surface area contributed by atoms with E-state index in [0.29, 0.717) is 23.2 Å². The Morgan fingerprint density at radius 3 is 2.82 bits per heavy atom. The van der Waals surface area contributed by atoms with Crippen molar-refractivity contribution in [3.05, 3.63) is 27.6 Å². The van der Waals surface area contributed by atoms with Gasteiger partial charge in [-0.1, -0.05) is 11.6 Å². The molecule has 0 bridgehead atoms. The summed E-state index contributed by atoms with van der Waals surface area (Å²) in [5.41, 5.74) is 3.57. The Balaban J connectivity index is 2.14. The Hall–Kier alpha value is -1.40. The second-order valence-corrected chi connectivity index (χ2v) is 4.65. The lowest BCUT2D eigenvalue weighted by molar-refractivity contribution is 1.07. The molecule has 0 aliphatic carbocycles. The molecule has 0 fully saturated rings. The topological polar surface area (TPSA) is 62.7 Å². The third-order valence-electron chi connectivity index (χ3n) is 2.31. The summed E-state index contributed by atoms with van der Waals surface area (Å²) in [5, 5.41) is 6.61. The number of hydrogen-bond acceptors (Lipinski definition) is 6.